The standard InChI is InChI=1S/C16H21N3O2/c1-2-20-14(12-8-9-12)15-18-16(21-19-15)13(17)10-11-6-4-3-5-7-11/h3-7,12-14H,2,8-10,17H2,1H3/t13-,14?/m0/s1. The summed E-state index contributed by atoms with van der Waals surface area (Å²) in [5, 5.41) is 4.07. The van der Waals surface area contributed by atoms with Crippen molar-refractivity contribution in [3.63, 3.8) is 0 Å². The molecule has 0 amide bonds. The van der Waals surface area contributed by atoms with Gasteiger partial charge in [-0.3, -0.25) is 0 Å². The van der Waals surface area contributed by atoms with Crippen LogP contribution in [0.2, 0.25) is 0 Å². The van der Waals surface area contributed by atoms with Crippen molar-refractivity contribution in [1.29, 1.82) is 0 Å². The fourth-order valence-electron chi connectivity index (χ4n) is 2.47. The Balaban J connectivity index is 1.68. The zero-order chi connectivity index (χ0) is 14.7. The summed E-state index contributed by atoms with van der Waals surface area (Å²) in [5.74, 6) is 1.65. The van der Waals surface area contributed by atoms with Crippen LogP contribution in [0, 0.1) is 5.92 Å². The van der Waals surface area contributed by atoms with E-state index in [9.17, 15) is 0 Å². The Hall–Kier alpha value is -1.72. The first-order chi connectivity index (χ1) is 10.3. The summed E-state index contributed by atoms with van der Waals surface area (Å²) >= 11 is 0. The quantitative estimate of drug-likeness (QED) is 0.847. The fraction of sp³-hybridized carbons (Fsp3) is 0.500. The molecule has 2 N–H and O–H groups in total. The first-order valence-corrected chi connectivity index (χ1v) is 7.52. The Morgan fingerprint density at radius 2 is 2.10 bits per heavy atom. The van der Waals surface area contributed by atoms with Crippen LogP contribution < -0.4 is 5.73 Å². The lowest BCUT2D eigenvalue weighted by Gasteiger charge is -2.11. The predicted octanol–water partition coefficient (Wildman–Crippen LogP) is 2.80. The van der Waals surface area contributed by atoms with Gasteiger partial charge in [-0.25, -0.2) is 0 Å². The molecule has 0 saturated heterocycles. The van der Waals surface area contributed by atoms with Gasteiger partial charge in [0.15, 0.2) is 0 Å². The highest BCUT2D eigenvalue weighted by atomic mass is 16.5. The number of rotatable bonds is 7. The maximum Gasteiger partial charge on any atom is 0.243 e. The Bertz CT molecular complexity index is 566. The van der Waals surface area contributed by atoms with E-state index >= 15 is 0 Å². The molecule has 1 aliphatic rings. The summed E-state index contributed by atoms with van der Waals surface area (Å²) in [4.78, 5) is 4.46. The van der Waals surface area contributed by atoms with Crippen molar-refractivity contribution in [2.75, 3.05) is 6.61 Å². The highest BCUT2D eigenvalue weighted by Gasteiger charge is 2.36. The Labute approximate surface area is 124 Å². The lowest BCUT2D eigenvalue weighted by Crippen LogP contribution is -2.14. The maximum atomic E-state index is 6.17. The smallest absolute Gasteiger partial charge is 0.243 e. The summed E-state index contributed by atoms with van der Waals surface area (Å²) in [6.07, 6.45) is 2.98. The van der Waals surface area contributed by atoms with Crippen LogP contribution in [0.5, 0.6) is 0 Å². The summed E-state index contributed by atoms with van der Waals surface area (Å²) in [7, 11) is 0. The van der Waals surface area contributed by atoms with Gasteiger partial charge in [-0.1, -0.05) is 35.5 Å². The summed E-state index contributed by atoms with van der Waals surface area (Å²) < 4.78 is 11.1. The zero-order valence-electron chi connectivity index (χ0n) is 12.2. The van der Waals surface area contributed by atoms with Crippen LogP contribution >= 0.6 is 0 Å². The molecule has 1 aromatic carbocycles. The highest BCUT2D eigenvalue weighted by Crippen LogP contribution is 2.42. The van der Waals surface area contributed by atoms with Crippen molar-refractivity contribution < 1.29 is 9.26 Å². The zero-order valence-corrected chi connectivity index (χ0v) is 12.2. The van der Waals surface area contributed by atoms with Crippen LogP contribution in [0.1, 0.15) is 49.2 Å². The normalized spacial score (nSPS) is 17.6. The van der Waals surface area contributed by atoms with E-state index in [1.54, 1.807) is 0 Å². The first kappa shape index (κ1) is 14.2. The molecule has 5 heteroatoms. The molecule has 1 aromatic heterocycles. The van der Waals surface area contributed by atoms with Crippen LogP contribution in [0.15, 0.2) is 34.9 Å². The number of hydrogen-bond acceptors (Lipinski definition) is 5. The molecule has 0 radical (unpaired) electrons. The van der Waals surface area contributed by atoms with Crippen molar-refractivity contribution in [1.82, 2.24) is 10.1 Å². The molecule has 5 nitrogen and oxygen atoms in total. The molecule has 0 bridgehead atoms. The fourth-order valence-corrected chi connectivity index (χ4v) is 2.47. The minimum atomic E-state index is -0.282. The second kappa shape index (κ2) is 6.37. The molecule has 1 unspecified atom stereocenters. The number of hydrogen-bond donors (Lipinski definition) is 1. The predicted molar refractivity (Wildman–Crippen MR) is 78.5 cm³/mol. The van der Waals surface area contributed by atoms with E-state index in [1.165, 1.54) is 12.8 Å². The molecular formula is C16H21N3O2. The van der Waals surface area contributed by atoms with Gasteiger partial charge in [0.2, 0.25) is 11.7 Å². The molecule has 0 aliphatic heterocycles. The molecular weight excluding hydrogens is 266 g/mol. The van der Waals surface area contributed by atoms with Gasteiger partial charge in [-0.15, -0.1) is 0 Å². The average Bonchev–Trinajstić information content (AvgIpc) is 3.22. The van der Waals surface area contributed by atoms with Crippen molar-refractivity contribution in [2.24, 2.45) is 11.7 Å². The lowest BCUT2D eigenvalue weighted by atomic mass is 10.1. The Morgan fingerprint density at radius 1 is 1.33 bits per heavy atom. The van der Waals surface area contributed by atoms with Gasteiger partial charge in [0.05, 0.1) is 6.04 Å². The summed E-state index contributed by atoms with van der Waals surface area (Å²) in [6.45, 7) is 2.64. The van der Waals surface area contributed by atoms with Gasteiger partial charge in [0, 0.05) is 6.61 Å². The SMILES string of the molecule is CCOC(c1noc([C@@H](N)Cc2ccccc2)n1)C1CC1. The molecule has 21 heavy (non-hydrogen) atoms. The van der Waals surface area contributed by atoms with Gasteiger partial charge >= 0.3 is 0 Å². The van der Waals surface area contributed by atoms with Gasteiger partial charge in [-0.2, -0.15) is 4.98 Å². The third kappa shape index (κ3) is 3.49. The molecule has 2 aromatic rings. The van der Waals surface area contributed by atoms with Gasteiger partial charge < -0.3 is 15.0 Å². The first-order valence-electron chi connectivity index (χ1n) is 7.52. The number of nitrogens with two attached hydrogens (primary N) is 1. The summed E-state index contributed by atoms with van der Waals surface area (Å²) in [6, 6.07) is 9.80. The van der Waals surface area contributed by atoms with Crippen LogP contribution in [-0.4, -0.2) is 16.7 Å². The minimum absolute atomic E-state index is 0.0450. The van der Waals surface area contributed by atoms with Gasteiger partial charge in [0.25, 0.3) is 0 Å². The Morgan fingerprint density at radius 3 is 2.76 bits per heavy atom. The summed E-state index contributed by atoms with van der Waals surface area (Å²) in [5.41, 5.74) is 7.33. The van der Waals surface area contributed by atoms with Gasteiger partial charge in [0.1, 0.15) is 6.10 Å². The van der Waals surface area contributed by atoms with E-state index < -0.39 is 0 Å². The molecule has 1 aliphatic carbocycles. The number of ether oxygens (including phenoxy) is 1. The topological polar surface area (TPSA) is 74.2 Å². The molecule has 112 valence electrons. The molecule has 1 heterocycles. The van der Waals surface area contributed by atoms with Gasteiger partial charge in [-0.05, 0) is 37.7 Å². The minimum Gasteiger partial charge on any atom is -0.370 e. The van der Waals surface area contributed by atoms with Crippen molar-refractivity contribution >= 4 is 0 Å². The second-order valence-corrected chi connectivity index (χ2v) is 5.50. The van der Waals surface area contributed by atoms with Crippen LogP contribution in [-0.2, 0) is 11.2 Å². The lowest BCUT2D eigenvalue weighted by molar-refractivity contribution is 0.0384. The molecule has 2 atom stereocenters. The largest absolute Gasteiger partial charge is 0.370 e. The van der Waals surface area contributed by atoms with E-state index in [4.69, 9.17) is 15.0 Å². The van der Waals surface area contributed by atoms with Crippen LogP contribution in [0.25, 0.3) is 0 Å². The number of aromatic nitrogens is 2. The average molecular weight is 287 g/mol. The molecule has 1 saturated carbocycles. The molecule has 3 rings (SSSR count). The van der Waals surface area contributed by atoms with E-state index in [0.717, 1.165) is 5.56 Å². The Kier molecular flexibility index (Phi) is 4.31. The third-order valence-corrected chi connectivity index (χ3v) is 3.72. The van der Waals surface area contributed by atoms with Crippen molar-refractivity contribution in [3.8, 4) is 0 Å². The van der Waals surface area contributed by atoms with E-state index in [1.807, 2.05) is 37.3 Å². The van der Waals surface area contributed by atoms with E-state index in [0.29, 0.717) is 30.7 Å². The van der Waals surface area contributed by atoms with Crippen molar-refractivity contribution in [3.05, 3.63) is 47.6 Å². The highest BCUT2D eigenvalue weighted by molar-refractivity contribution is 5.16. The van der Waals surface area contributed by atoms with E-state index in [2.05, 4.69) is 10.1 Å². The third-order valence-electron chi connectivity index (χ3n) is 3.72. The van der Waals surface area contributed by atoms with Crippen molar-refractivity contribution in [2.45, 2.75) is 38.3 Å². The maximum absolute atomic E-state index is 6.17. The van der Waals surface area contributed by atoms with Crippen LogP contribution in [0.3, 0.4) is 0 Å². The van der Waals surface area contributed by atoms with E-state index in [-0.39, 0.29) is 12.1 Å². The monoisotopic (exact) mass is 287 g/mol. The second-order valence-electron chi connectivity index (χ2n) is 5.50. The molecule has 1 fully saturated rings. The number of nitrogens with zero attached hydrogens (tertiary/aromatic N) is 2. The molecule has 0 spiro atoms. The number of benzene rings is 1. The van der Waals surface area contributed by atoms with Crippen LogP contribution in [0.4, 0.5) is 0 Å².